The predicted molar refractivity (Wildman–Crippen MR) is 91.5 cm³/mol. The van der Waals surface area contributed by atoms with E-state index >= 15 is 0 Å². The molecule has 0 aliphatic rings. The third kappa shape index (κ3) is 3.85. The van der Waals surface area contributed by atoms with E-state index in [1.165, 1.54) is 12.4 Å². The number of aryl methyl sites for hydroxylation is 1. The summed E-state index contributed by atoms with van der Waals surface area (Å²) < 4.78 is 1.94. The molecule has 8 nitrogen and oxygen atoms in total. The van der Waals surface area contributed by atoms with Crippen LogP contribution in [0.15, 0.2) is 43.1 Å². The lowest BCUT2D eigenvalue weighted by Gasteiger charge is -2.14. The number of carbonyl (C=O) groups excluding carboxylic acids is 1. The van der Waals surface area contributed by atoms with Crippen molar-refractivity contribution in [2.75, 3.05) is 0 Å². The van der Waals surface area contributed by atoms with Crippen molar-refractivity contribution < 1.29 is 4.79 Å². The summed E-state index contributed by atoms with van der Waals surface area (Å²) in [6.07, 6.45) is 7.31. The highest BCUT2D eigenvalue weighted by Gasteiger charge is 2.17. The fraction of sp³-hybridized carbons (Fsp3) is 0.294. The van der Waals surface area contributed by atoms with Gasteiger partial charge in [-0.25, -0.2) is 9.97 Å². The molecule has 0 aliphatic carbocycles. The van der Waals surface area contributed by atoms with E-state index in [0.29, 0.717) is 17.1 Å². The highest BCUT2D eigenvalue weighted by atomic mass is 16.1. The second kappa shape index (κ2) is 7.61. The van der Waals surface area contributed by atoms with E-state index in [1.807, 2.05) is 29.7 Å². The van der Waals surface area contributed by atoms with Gasteiger partial charge in [0.15, 0.2) is 11.6 Å². The van der Waals surface area contributed by atoms with Crippen LogP contribution < -0.4 is 5.32 Å². The summed E-state index contributed by atoms with van der Waals surface area (Å²) in [6.45, 7) is 4.76. The third-order valence-corrected chi connectivity index (χ3v) is 3.65. The second-order valence-corrected chi connectivity index (χ2v) is 5.59. The molecule has 128 valence electrons. The van der Waals surface area contributed by atoms with Crippen molar-refractivity contribution in [2.24, 2.45) is 0 Å². The summed E-state index contributed by atoms with van der Waals surface area (Å²) in [5.41, 5.74) is 1.04. The molecule has 0 aliphatic heterocycles. The van der Waals surface area contributed by atoms with Crippen LogP contribution in [0.3, 0.4) is 0 Å². The molecular formula is C17H19N7O. The smallest absolute Gasteiger partial charge is 0.254 e. The molecule has 1 amide bonds. The topological polar surface area (TPSA) is 98.5 Å². The molecule has 0 bridgehead atoms. The molecule has 0 aromatic carbocycles. The van der Waals surface area contributed by atoms with Crippen molar-refractivity contribution in [3.05, 3.63) is 54.5 Å². The number of hydrogen-bond acceptors (Lipinski definition) is 6. The molecular weight excluding hydrogens is 318 g/mol. The normalized spacial score (nSPS) is 11.9. The van der Waals surface area contributed by atoms with Crippen molar-refractivity contribution in [3.8, 4) is 11.5 Å². The number of carbonyl (C=O) groups is 1. The first-order chi connectivity index (χ1) is 12.2. The maximum atomic E-state index is 12.4. The molecule has 8 heteroatoms. The van der Waals surface area contributed by atoms with E-state index in [-0.39, 0.29) is 11.9 Å². The van der Waals surface area contributed by atoms with Gasteiger partial charge in [-0.1, -0.05) is 13.0 Å². The summed E-state index contributed by atoms with van der Waals surface area (Å²) in [6, 6.07) is 5.24. The Morgan fingerprint density at radius 1 is 1.24 bits per heavy atom. The Bertz CT molecular complexity index is 830. The second-order valence-electron chi connectivity index (χ2n) is 5.59. The molecule has 3 rings (SSSR count). The van der Waals surface area contributed by atoms with Gasteiger partial charge < -0.3 is 9.88 Å². The number of nitrogens with zero attached hydrogens (tertiary/aromatic N) is 6. The van der Waals surface area contributed by atoms with Crippen molar-refractivity contribution in [1.29, 1.82) is 0 Å². The Hall–Kier alpha value is -3.16. The van der Waals surface area contributed by atoms with Crippen LogP contribution in [-0.4, -0.2) is 35.6 Å². The van der Waals surface area contributed by atoms with Crippen LogP contribution in [0.1, 0.15) is 42.5 Å². The summed E-state index contributed by atoms with van der Waals surface area (Å²) >= 11 is 0. The average Bonchev–Trinajstić information content (AvgIpc) is 3.11. The molecule has 3 heterocycles. The SMILES string of the molecule is CCCn1cnnc1C(C)NC(=O)c1cnc(-c2ccccn2)nc1. The van der Waals surface area contributed by atoms with Crippen molar-refractivity contribution in [3.63, 3.8) is 0 Å². The Morgan fingerprint density at radius 3 is 2.72 bits per heavy atom. The van der Waals surface area contributed by atoms with Crippen LogP contribution >= 0.6 is 0 Å². The Morgan fingerprint density at radius 2 is 2.04 bits per heavy atom. The van der Waals surface area contributed by atoms with Gasteiger partial charge in [0, 0.05) is 25.1 Å². The summed E-state index contributed by atoms with van der Waals surface area (Å²) in [5, 5.41) is 10.9. The van der Waals surface area contributed by atoms with Crippen LogP contribution in [0, 0.1) is 0 Å². The molecule has 1 atom stereocenters. The molecule has 0 saturated carbocycles. The number of pyridine rings is 1. The van der Waals surface area contributed by atoms with E-state index in [1.54, 1.807) is 12.5 Å². The zero-order valence-corrected chi connectivity index (χ0v) is 14.1. The quantitative estimate of drug-likeness (QED) is 0.739. The first kappa shape index (κ1) is 16.7. The van der Waals surface area contributed by atoms with Crippen LogP contribution in [-0.2, 0) is 6.54 Å². The Kier molecular flexibility index (Phi) is 5.08. The van der Waals surface area contributed by atoms with Gasteiger partial charge in [-0.15, -0.1) is 10.2 Å². The van der Waals surface area contributed by atoms with Crippen molar-refractivity contribution in [2.45, 2.75) is 32.9 Å². The van der Waals surface area contributed by atoms with Gasteiger partial charge in [0.05, 0.1) is 11.6 Å². The van der Waals surface area contributed by atoms with Crippen LogP contribution in [0.2, 0.25) is 0 Å². The molecule has 3 aromatic rings. The lowest BCUT2D eigenvalue weighted by molar-refractivity contribution is 0.0937. The largest absolute Gasteiger partial charge is 0.342 e. The minimum absolute atomic E-state index is 0.258. The van der Waals surface area contributed by atoms with Gasteiger partial charge in [0.25, 0.3) is 5.91 Å². The van der Waals surface area contributed by atoms with E-state index in [0.717, 1.165) is 18.8 Å². The molecule has 1 unspecified atom stereocenters. The van der Waals surface area contributed by atoms with Crippen LogP contribution in [0.4, 0.5) is 0 Å². The Balaban J connectivity index is 1.70. The highest BCUT2D eigenvalue weighted by Crippen LogP contribution is 2.12. The number of hydrogen-bond donors (Lipinski definition) is 1. The molecule has 1 N–H and O–H groups in total. The minimum atomic E-state index is -0.267. The van der Waals surface area contributed by atoms with Crippen molar-refractivity contribution >= 4 is 5.91 Å². The maximum Gasteiger partial charge on any atom is 0.254 e. The van der Waals surface area contributed by atoms with Crippen molar-refractivity contribution in [1.82, 2.24) is 35.0 Å². The van der Waals surface area contributed by atoms with E-state index < -0.39 is 0 Å². The van der Waals surface area contributed by atoms with Gasteiger partial charge in [-0.05, 0) is 25.5 Å². The number of nitrogens with one attached hydrogen (secondary N) is 1. The maximum absolute atomic E-state index is 12.4. The van der Waals surface area contributed by atoms with E-state index in [9.17, 15) is 4.79 Å². The third-order valence-electron chi connectivity index (χ3n) is 3.65. The molecule has 0 fully saturated rings. The monoisotopic (exact) mass is 337 g/mol. The first-order valence-electron chi connectivity index (χ1n) is 8.11. The minimum Gasteiger partial charge on any atom is -0.342 e. The average molecular weight is 337 g/mol. The lowest BCUT2D eigenvalue weighted by atomic mass is 10.2. The van der Waals surface area contributed by atoms with Gasteiger partial charge in [0.2, 0.25) is 0 Å². The molecule has 25 heavy (non-hydrogen) atoms. The predicted octanol–water partition coefficient (Wildman–Crippen LogP) is 2.03. The van der Waals surface area contributed by atoms with Gasteiger partial charge in [-0.2, -0.15) is 0 Å². The zero-order chi connectivity index (χ0) is 17.6. The van der Waals surface area contributed by atoms with Crippen LogP contribution in [0.5, 0.6) is 0 Å². The van der Waals surface area contributed by atoms with Gasteiger partial charge in [-0.3, -0.25) is 9.78 Å². The molecule has 0 saturated heterocycles. The van der Waals surface area contributed by atoms with Crippen LogP contribution in [0.25, 0.3) is 11.5 Å². The summed E-state index contributed by atoms with van der Waals surface area (Å²) in [7, 11) is 0. The van der Waals surface area contributed by atoms with Gasteiger partial charge >= 0.3 is 0 Å². The summed E-state index contributed by atoms with van der Waals surface area (Å²) in [5.74, 6) is 0.945. The Labute approximate surface area is 145 Å². The number of amides is 1. The fourth-order valence-corrected chi connectivity index (χ4v) is 2.43. The highest BCUT2D eigenvalue weighted by molar-refractivity contribution is 5.93. The van der Waals surface area contributed by atoms with Gasteiger partial charge in [0.1, 0.15) is 12.0 Å². The molecule has 3 aromatic heterocycles. The number of rotatable bonds is 6. The standard InChI is InChI=1S/C17H19N7O/c1-3-8-24-11-21-23-16(24)12(2)22-17(25)13-9-19-15(20-10-13)14-6-4-5-7-18-14/h4-7,9-12H,3,8H2,1-2H3,(H,22,25). The number of aromatic nitrogens is 6. The molecule has 0 radical (unpaired) electrons. The molecule has 0 spiro atoms. The van der Waals surface area contributed by atoms with E-state index in [4.69, 9.17) is 0 Å². The zero-order valence-electron chi connectivity index (χ0n) is 14.1. The lowest BCUT2D eigenvalue weighted by Crippen LogP contribution is -2.29. The fourth-order valence-electron chi connectivity index (χ4n) is 2.43. The summed E-state index contributed by atoms with van der Waals surface area (Å²) in [4.78, 5) is 25.0. The first-order valence-corrected chi connectivity index (χ1v) is 8.11. The van der Waals surface area contributed by atoms with E-state index in [2.05, 4.69) is 37.4 Å².